The van der Waals surface area contributed by atoms with Crippen LogP contribution in [0.2, 0.25) is 0 Å². The van der Waals surface area contributed by atoms with Gasteiger partial charge < -0.3 is 19.6 Å². The molecule has 1 aromatic carbocycles. The van der Waals surface area contributed by atoms with Gasteiger partial charge in [-0.3, -0.25) is 0 Å². The van der Waals surface area contributed by atoms with E-state index in [1.54, 1.807) is 12.3 Å². The Labute approximate surface area is 133 Å². The van der Waals surface area contributed by atoms with Crippen molar-refractivity contribution in [2.45, 2.75) is 0 Å². The van der Waals surface area contributed by atoms with E-state index in [4.69, 9.17) is 9.47 Å². The summed E-state index contributed by atoms with van der Waals surface area (Å²) in [7, 11) is 1.48. The number of nitrogens with one attached hydrogen (secondary N) is 1. The molecule has 0 saturated carbocycles. The molecule has 3 aromatic heterocycles. The van der Waals surface area contributed by atoms with E-state index < -0.39 is 0 Å². The normalized spacial score (nSPS) is 11.0. The number of aromatic hydroxyl groups is 1. The second kappa shape index (κ2) is 5.13. The Kier molecular flexibility index (Phi) is 2.97. The van der Waals surface area contributed by atoms with Crippen molar-refractivity contribution >= 4 is 21.9 Å². The minimum atomic E-state index is -0.00105. The number of pyridine rings is 1. The molecule has 0 saturated heterocycles. The number of nitrogens with zero attached hydrogens (tertiary/aromatic N) is 3. The molecule has 23 heavy (non-hydrogen) atoms. The lowest BCUT2D eigenvalue weighted by Crippen LogP contribution is -1.93. The molecule has 0 atom stereocenters. The predicted octanol–water partition coefficient (Wildman–Crippen LogP) is 3.50. The third kappa shape index (κ3) is 2.28. The summed E-state index contributed by atoms with van der Waals surface area (Å²) < 4.78 is 10.9. The monoisotopic (exact) mass is 312 g/mol. The number of fused-ring (bicyclic) bond motifs is 2. The maximum atomic E-state index is 9.96. The van der Waals surface area contributed by atoms with Crippen LogP contribution in [0.3, 0.4) is 0 Å². The molecule has 0 fully saturated rings. The molecule has 7 nitrogen and oxygen atoms in total. The van der Waals surface area contributed by atoms with Crippen LogP contribution in [-0.4, -0.2) is 32.2 Å². The summed E-state index contributed by atoms with van der Waals surface area (Å²) in [5, 5.41) is 11.5. The second-order valence-corrected chi connectivity index (χ2v) is 4.91. The predicted molar refractivity (Wildman–Crippen MR) is 88.2 cm³/mol. The first-order valence-corrected chi connectivity index (χ1v) is 6.87. The van der Waals surface area contributed by atoms with Gasteiger partial charge in [-0.15, -0.1) is 0 Å². The lowest BCUT2D eigenvalue weighted by atomic mass is 10.2. The highest BCUT2D eigenvalue weighted by Gasteiger charge is 2.12. The van der Waals surface area contributed by atoms with Gasteiger partial charge in [-0.1, -0.05) is 0 Å². The Balaban J connectivity index is 0.00000113. The van der Waals surface area contributed by atoms with Crippen LogP contribution >= 0.6 is 0 Å². The molecule has 0 aliphatic carbocycles. The first-order chi connectivity index (χ1) is 11.2. The summed E-state index contributed by atoms with van der Waals surface area (Å²) in [4.78, 5) is 15.6. The quantitative estimate of drug-likeness (QED) is 0.601. The number of rotatable bonds is 3. The zero-order valence-corrected chi connectivity index (χ0v) is 12.1. The first kappa shape index (κ1) is 13.3. The smallest absolute Gasteiger partial charge is 0.230 e. The van der Waals surface area contributed by atoms with Crippen LogP contribution in [0.25, 0.3) is 21.9 Å². The van der Waals surface area contributed by atoms with Crippen LogP contribution in [0.1, 0.15) is 2.85 Å². The average Bonchev–Trinajstić information content (AvgIpc) is 3.02. The Morgan fingerprint density at radius 3 is 2.96 bits per heavy atom. The Bertz CT molecular complexity index is 1020. The SMILES string of the molecule is COc1cc2ncnc(Oc3cnc4[nH]ccc4c3)c2cc1O.[HH].[HH]. The van der Waals surface area contributed by atoms with Crippen molar-refractivity contribution < 1.29 is 17.4 Å². The molecule has 7 heteroatoms. The Morgan fingerprint density at radius 1 is 1.17 bits per heavy atom. The molecule has 0 radical (unpaired) electrons. The van der Waals surface area contributed by atoms with Crippen molar-refractivity contribution in [1.29, 1.82) is 0 Å². The van der Waals surface area contributed by atoms with Crippen molar-refractivity contribution in [1.82, 2.24) is 19.9 Å². The van der Waals surface area contributed by atoms with Gasteiger partial charge in [0.1, 0.15) is 17.7 Å². The van der Waals surface area contributed by atoms with Crippen molar-refractivity contribution in [3.8, 4) is 23.1 Å². The number of aromatic nitrogens is 4. The molecule has 0 bridgehead atoms. The van der Waals surface area contributed by atoms with Crippen LogP contribution in [0.4, 0.5) is 0 Å². The average molecular weight is 312 g/mol. The molecule has 0 spiro atoms. The summed E-state index contributed by atoms with van der Waals surface area (Å²) >= 11 is 0. The Hall–Kier alpha value is -3.35. The van der Waals surface area contributed by atoms with Gasteiger partial charge in [-0.05, 0) is 18.2 Å². The molecule has 0 amide bonds. The van der Waals surface area contributed by atoms with Crippen LogP contribution in [0, 0.1) is 0 Å². The summed E-state index contributed by atoms with van der Waals surface area (Å²) in [6, 6.07) is 6.92. The van der Waals surface area contributed by atoms with E-state index in [9.17, 15) is 5.11 Å². The number of hydrogen-bond donors (Lipinski definition) is 2. The van der Waals surface area contributed by atoms with Crippen LogP contribution in [-0.2, 0) is 0 Å². The fourth-order valence-corrected chi connectivity index (χ4v) is 2.38. The van der Waals surface area contributed by atoms with Gasteiger partial charge in [0.05, 0.1) is 24.2 Å². The van der Waals surface area contributed by atoms with Gasteiger partial charge in [-0.2, -0.15) is 0 Å². The molecule has 0 aliphatic rings. The minimum absolute atomic E-state index is 0. The number of phenols is 1. The second-order valence-electron chi connectivity index (χ2n) is 4.91. The van der Waals surface area contributed by atoms with Gasteiger partial charge in [0, 0.05) is 20.5 Å². The maximum absolute atomic E-state index is 9.96. The number of phenolic OH excluding ortho intramolecular Hbond substituents is 1. The fraction of sp³-hybridized carbons (Fsp3) is 0.0625. The number of H-pyrrole nitrogens is 1. The summed E-state index contributed by atoms with van der Waals surface area (Å²) in [6.45, 7) is 0. The van der Waals surface area contributed by atoms with Crippen LogP contribution < -0.4 is 9.47 Å². The van der Waals surface area contributed by atoms with Gasteiger partial charge >= 0.3 is 0 Å². The first-order valence-electron chi connectivity index (χ1n) is 6.87. The van der Waals surface area contributed by atoms with E-state index in [1.807, 2.05) is 18.3 Å². The van der Waals surface area contributed by atoms with Crippen LogP contribution in [0.15, 0.2) is 43.0 Å². The van der Waals surface area contributed by atoms with Gasteiger partial charge in [0.25, 0.3) is 0 Å². The number of methoxy groups -OCH3 is 1. The molecule has 118 valence electrons. The van der Waals surface area contributed by atoms with Crippen molar-refractivity contribution in [3.05, 3.63) is 43.0 Å². The highest BCUT2D eigenvalue weighted by atomic mass is 16.5. The fourth-order valence-electron chi connectivity index (χ4n) is 2.38. The van der Waals surface area contributed by atoms with Crippen LogP contribution in [0.5, 0.6) is 23.1 Å². The topological polar surface area (TPSA) is 93.2 Å². The molecule has 4 aromatic rings. The molecule has 0 unspecified atom stereocenters. The zero-order valence-electron chi connectivity index (χ0n) is 12.1. The van der Waals surface area contributed by atoms with E-state index >= 15 is 0 Å². The van der Waals surface area contributed by atoms with Gasteiger partial charge in [0.15, 0.2) is 11.5 Å². The van der Waals surface area contributed by atoms with Crippen molar-refractivity contribution in [2.24, 2.45) is 0 Å². The van der Waals surface area contributed by atoms with Crippen molar-refractivity contribution in [3.63, 3.8) is 0 Å². The lowest BCUT2D eigenvalue weighted by molar-refractivity contribution is 0.374. The molecular weight excluding hydrogens is 296 g/mol. The zero-order chi connectivity index (χ0) is 15.8. The highest BCUT2D eigenvalue weighted by Crippen LogP contribution is 2.35. The maximum Gasteiger partial charge on any atom is 0.230 e. The third-order valence-electron chi connectivity index (χ3n) is 3.49. The molecule has 3 heterocycles. The standard InChI is InChI=1S/C16H12N4O3.2H2/c1-22-14-6-12-11(5-13(14)21)16(20-8-19-12)23-10-4-9-2-3-17-15(9)18-7-10;;/h2-8,21H,1H3,(H,17,18);2*1H. The van der Waals surface area contributed by atoms with E-state index in [0.29, 0.717) is 28.3 Å². The highest BCUT2D eigenvalue weighted by molar-refractivity contribution is 5.87. The van der Waals surface area contributed by atoms with Gasteiger partial charge in [-0.25, -0.2) is 15.0 Å². The largest absolute Gasteiger partial charge is 0.504 e. The Morgan fingerprint density at radius 2 is 2.09 bits per heavy atom. The molecule has 4 rings (SSSR count). The van der Waals surface area contributed by atoms with Crippen molar-refractivity contribution in [2.75, 3.05) is 7.11 Å². The van der Waals surface area contributed by atoms with E-state index in [2.05, 4.69) is 19.9 Å². The molecule has 2 N–H and O–H groups in total. The lowest BCUT2D eigenvalue weighted by Gasteiger charge is -2.09. The molecule has 0 aliphatic heterocycles. The van der Waals surface area contributed by atoms with E-state index in [1.165, 1.54) is 19.5 Å². The molecular formula is C16H16N4O3. The van der Waals surface area contributed by atoms with E-state index in [0.717, 1.165) is 11.0 Å². The number of aromatic amines is 1. The number of benzene rings is 1. The number of ether oxygens (including phenoxy) is 2. The summed E-state index contributed by atoms with van der Waals surface area (Å²) in [5.41, 5.74) is 1.40. The minimum Gasteiger partial charge on any atom is -0.504 e. The number of hydrogen-bond acceptors (Lipinski definition) is 6. The summed E-state index contributed by atoms with van der Waals surface area (Å²) in [5.74, 6) is 1.23. The summed E-state index contributed by atoms with van der Waals surface area (Å²) in [6.07, 6.45) is 4.82. The van der Waals surface area contributed by atoms with E-state index in [-0.39, 0.29) is 8.60 Å². The van der Waals surface area contributed by atoms with Gasteiger partial charge in [0.2, 0.25) is 5.88 Å². The third-order valence-corrected chi connectivity index (χ3v) is 3.49.